The Kier molecular flexibility index (Phi) is 4.86. The average molecular weight is 273 g/mol. The summed E-state index contributed by atoms with van der Waals surface area (Å²) in [6, 6.07) is 6.55. The molecule has 0 unspecified atom stereocenters. The van der Waals surface area contributed by atoms with Gasteiger partial charge in [-0.15, -0.1) is 0 Å². The van der Waals surface area contributed by atoms with Crippen LogP contribution in [0.1, 0.15) is 18.9 Å². The van der Waals surface area contributed by atoms with Crippen LogP contribution in [0, 0.1) is 0 Å². The minimum atomic E-state index is -3.49. The first-order valence-electron chi connectivity index (χ1n) is 5.12. The molecule has 1 aromatic rings. The van der Waals surface area contributed by atoms with Crippen LogP contribution in [0.2, 0.25) is 0 Å². The first-order valence-corrected chi connectivity index (χ1v) is 7.01. The van der Waals surface area contributed by atoms with Crippen molar-refractivity contribution in [2.75, 3.05) is 11.3 Å². The summed E-state index contributed by atoms with van der Waals surface area (Å²) in [5.41, 5.74) is 6.60. The Morgan fingerprint density at radius 2 is 1.94 bits per heavy atom. The normalized spacial score (nSPS) is 11.1. The molecule has 1 rings (SSSR count). The third kappa shape index (κ3) is 4.68. The van der Waals surface area contributed by atoms with Gasteiger partial charge < -0.3 is 5.73 Å². The Balaban J connectivity index is 2.72. The van der Waals surface area contributed by atoms with E-state index in [1.165, 1.54) is 0 Å². The first kappa shape index (κ1) is 13.9. The van der Waals surface area contributed by atoms with Gasteiger partial charge in [-0.3, -0.25) is 4.72 Å². The number of anilines is 1. The summed E-state index contributed by atoms with van der Waals surface area (Å²) in [7, 11) is -3.49. The number of nitrogens with two attached hydrogens (primary N) is 1. The molecule has 94 valence electrons. The van der Waals surface area contributed by atoms with Crippen LogP contribution in [-0.4, -0.2) is 20.0 Å². The molecule has 0 saturated heterocycles. The summed E-state index contributed by atoms with van der Waals surface area (Å²) >= 11 is 4.80. The molecule has 0 fully saturated rings. The van der Waals surface area contributed by atoms with E-state index < -0.39 is 10.2 Å². The highest BCUT2D eigenvalue weighted by atomic mass is 32.2. The van der Waals surface area contributed by atoms with Gasteiger partial charge in [0.2, 0.25) is 0 Å². The molecule has 0 aliphatic rings. The highest BCUT2D eigenvalue weighted by molar-refractivity contribution is 7.90. The van der Waals surface area contributed by atoms with E-state index in [2.05, 4.69) is 9.44 Å². The molecule has 0 saturated carbocycles. The highest BCUT2D eigenvalue weighted by Crippen LogP contribution is 2.10. The van der Waals surface area contributed by atoms with Crippen molar-refractivity contribution < 1.29 is 8.42 Å². The minimum absolute atomic E-state index is 0.281. The van der Waals surface area contributed by atoms with Crippen molar-refractivity contribution in [2.45, 2.75) is 13.3 Å². The van der Waals surface area contributed by atoms with Crippen LogP contribution >= 0.6 is 12.2 Å². The van der Waals surface area contributed by atoms with Crippen molar-refractivity contribution in [1.29, 1.82) is 0 Å². The van der Waals surface area contributed by atoms with Gasteiger partial charge in [-0.25, -0.2) is 0 Å². The molecule has 4 N–H and O–H groups in total. The van der Waals surface area contributed by atoms with Crippen LogP contribution in [0.25, 0.3) is 0 Å². The molecule has 0 heterocycles. The molecule has 0 aliphatic carbocycles. The van der Waals surface area contributed by atoms with Gasteiger partial charge in [0.15, 0.2) is 0 Å². The van der Waals surface area contributed by atoms with Crippen LogP contribution < -0.4 is 15.2 Å². The van der Waals surface area contributed by atoms with Crippen molar-refractivity contribution in [3.8, 4) is 0 Å². The van der Waals surface area contributed by atoms with E-state index in [0.29, 0.717) is 17.8 Å². The molecule has 0 radical (unpaired) electrons. The van der Waals surface area contributed by atoms with Gasteiger partial charge in [0.1, 0.15) is 4.99 Å². The molecule has 7 heteroatoms. The predicted octanol–water partition coefficient (Wildman–Crippen LogP) is 0.977. The van der Waals surface area contributed by atoms with E-state index in [1.807, 2.05) is 6.92 Å². The molecule has 1 aromatic carbocycles. The molecule has 0 aliphatic heterocycles. The quantitative estimate of drug-likeness (QED) is 0.675. The molecule has 0 aromatic heterocycles. The Morgan fingerprint density at radius 3 is 2.41 bits per heavy atom. The molecular weight excluding hydrogens is 258 g/mol. The molecule has 0 bridgehead atoms. The van der Waals surface area contributed by atoms with Crippen molar-refractivity contribution in [1.82, 2.24) is 4.72 Å². The molecule has 5 nitrogen and oxygen atoms in total. The van der Waals surface area contributed by atoms with Crippen LogP contribution in [0.3, 0.4) is 0 Å². The number of rotatable bonds is 6. The second kappa shape index (κ2) is 5.95. The Hall–Kier alpha value is -1.18. The topological polar surface area (TPSA) is 84.2 Å². The van der Waals surface area contributed by atoms with Crippen LogP contribution in [0.4, 0.5) is 5.69 Å². The maximum absolute atomic E-state index is 11.5. The van der Waals surface area contributed by atoms with Gasteiger partial charge in [0.05, 0.1) is 0 Å². The van der Waals surface area contributed by atoms with Gasteiger partial charge in [0, 0.05) is 17.8 Å². The predicted molar refractivity (Wildman–Crippen MR) is 73.2 cm³/mol. The zero-order valence-corrected chi connectivity index (χ0v) is 11.1. The van der Waals surface area contributed by atoms with E-state index in [9.17, 15) is 8.42 Å². The fourth-order valence-electron chi connectivity index (χ4n) is 1.13. The number of hydrogen-bond acceptors (Lipinski definition) is 3. The summed E-state index contributed by atoms with van der Waals surface area (Å²) < 4.78 is 27.8. The third-order valence-electron chi connectivity index (χ3n) is 1.96. The molecule has 0 amide bonds. The minimum Gasteiger partial charge on any atom is -0.389 e. The Morgan fingerprint density at radius 1 is 1.35 bits per heavy atom. The summed E-state index contributed by atoms with van der Waals surface area (Å²) in [4.78, 5) is 0.281. The second-order valence-electron chi connectivity index (χ2n) is 3.44. The maximum atomic E-state index is 11.5. The summed E-state index contributed by atoms with van der Waals surface area (Å²) in [5.74, 6) is 0. The molecular formula is C10H15N3O2S2. The van der Waals surface area contributed by atoms with E-state index in [0.717, 1.165) is 6.42 Å². The monoisotopic (exact) mass is 273 g/mol. The zero-order chi connectivity index (χ0) is 12.9. The highest BCUT2D eigenvalue weighted by Gasteiger charge is 2.08. The summed E-state index contributed by atoms with van der Waals surface area (Å²) in [5, 5.41) is 0. The lowest BCUT2D eigenvalue weighted by Gasteiger charge is -2.08. The average Bonchev–Trinajstić information content (AvgIpc) is 2.26. The third-order valence-corrected chi connectivity index (χ3v) is 3.29. The lowest BCUT2D eigenvalue weighted by atomic mass is 10.2. The van der Waals surface area contributed by atoms with Gasteiger partial charge in [-0.1, -0.05) is 19.1 Å². The van der Waals surface area contributed by atoms with Crippen molar-refractivity contribution in [3.05, 3.63) is 29.8 Å². The fraction of sp³-hybridized carbons (Fsp3) is 0.300. The van der Waals surface area contributed by atoms with Crippen LogP contribution in [0.15, 0.2) is 24.3 Å². The number of benzene rings is 1. The van der Waals surface area contributed by atoms with Crippen molar-refractivity contribution in [2.24, 2.45) is 5.73 Å². The van der Waals surface area contributed by atoms with E-state index >= 15 is 0 Å². The van der Waals surface area contributed by atoms with Gasteiger partial charge >= 0.3 is 0 Å². The van der Waals surface area contributed by atoms with Crippen LogP contribution in [0.5, 0.6) is 0 Å². The van der Waals surface area contributed by atoms with E-state index in [4.69, 9.17) is 18.0 Å². The summed E-state index contributed by atoms with van der Waals surface area (Å²) in [6.07, 6.45) is 0.737. The smallest absolute Gasteiger partial charge is 0.299 e. The van der Waals surface area contributed by atoms with Gasteiger partial charge in [-0.2, -0.15) is 13.1 Å². The largest absolute Gasteiger partial charge is 0.389 e. The lowest BCUT2D eigenvalue weighted by molar-refractivity contribution is 0.586. The van der Waals surface area contributed by atoms with Gasteiger partial charge in [-0.05, 0) is 30.7 Å². The van der Waals surface area contributed by atoms with E-state index in [-0.39, 0.29) is 4.99 Å². The molecule has 0 atom stereocenters. The van der Waals surface area contributed by atoms with E-state index in [1.54, 1.807) is 24.3 Å². The fourth-order valence-corrected chi connectivity index (χ4v) is 2.26. The number of thiocarbonyl (C=S) groups is 1. The maximum Gasteiger partial charge on any atom is 0.299 e. The zero-order valence-electron chi connectivity index (χ0n) is 9.43. The standard InChI is InChI=1S/C10H15N3O2S2/c1-2-7-12-17(14,15)13-9-5-3-8(4-6-9)10(11)16/h3-6,12-13H,2,7H2,1H3,(H2,11,16). The van der Waals surface area contributed by atoms with Crippen LogP contribution in [-0.2, 0) is 10.2 Å². The van der Waals surface area contributed by atoms with Crippen molar-refractivity contribution in [3.63, 3.8) is 0 Å². The SMILES string of the molecule is CCCNS(=O)(=O)Nc1ccc(C(N)=S)cc1. The molecule has 0 spiro atoms. The Bertz CT molecular complexity index is 483. The van der Waals surface area contributed by atoms with Crippen molar-refractivity contribution >= 4 is 33.1 Å². The summed E-state index contributed by atoms with van der Waals surface area (Å²) in [6.45, 7) is 2.29. The van der Waals surface area contributed by atoms with Gasteiger partial charge in [0.25, 0.3) is 10.2 Å². The Labute approximate surface area is 107 Å². The molecule has 17 heavy (non-hydrogen) atoms. The first-order chi connectivity index (χ1) is 7.94. The second-order valence-corrected chi connectivity index (χ2v) is 5.38. The number of hydrogen-bond donors (Lipinski definition) is 3. The number of nitrogens with one attached hydrogen (secondary N) is 2. The lowest BCUT2D eigenvalue weighted by Crippen LogP contribution is -2.30.